The summed E-state index contributed by atoms with van der Waals surface area (Å²) in [6.45, 7) is 13.8. The molecule has 25 heavy (non-hydrogen) atoms. The van der Waals surface area contributed by atoms with Gasteiger partial charge in [0.2, 0.25) is 0 Å². The lowest BCUT2D eigenvalue weighted by atomic mass is 10.4. The molecule has 0 spiro atoms. The van der Waals surface area contributed by atoms with E-state index in [4.69, 9.17) is 25.5 Å². The molecule has 5 N–H and O–H groups in total. The molecule has 0 atom stereocenters. The average Bonchev–Trinajstić information content (AvgIpc) is 2.53. The van der Waals surface area contributed by atoms with Crippen molar-refractivity contribution in [3.05, 3.63) is 36.5 Å². The van der Waals surface area contributed by atoms with Crippen LogP contribution in [0.4, 0.5) is 0 Å². The lowest BCUT2D eigenvalue weighted by Gasteiger charge is -1.99. The van der Waals surface area contributed by atoms with Crippen molar-refractivity contribution in [3.63, 3.8) is 0 Å². The fourth-order valence-corrected chi connectivity index (χ4v) is 0.262. The maximum atomic E-state index is 10.5. The molecule has 0 aliphatic rings. The minimum Gasteiger partial charge on any atom is -0.478 e. The second-order valence-corrected chi connectivity index (χ2v) is 4.26. The monoisotopic (exact) mass is 364 g/mol. The number of carboxylic acid groups (broad SMARTS) is 2. The molecule has 0 aromatic carbocycles. The van der Waals surface area contributed by atoms with Gasteiger partial charge in [0.05, 0.1) is 19.8 Å². The molecule has 146 valence electrons. The summed E-state index contributed by atoms with van der Waals surface area (Å²) < 4.78 is 4.46. The van der Waals surface area contributed by atoms with Crippen molar-refractivity contribution in [2.24, 2.45) is 0 Å². The summed E-state index contributed by atoms with van der Waals surface area (Å²) in [5.41, 5.74) is 0.702. The highest BCUT2D eigenvalue weighted by Gasteiger charge is 1.99. The highest BCUT2D eigenvalue weighted by Crippen LogP contribution is 1.89. The Morgan fingerprint density at radius 3 is 1.12 bits per heavy atom. The molecule has 0 unspecified atom stereocenters. The van der Waals surface area contributed by atoms with Gasteiger partial charge >= 0.3 is 17.9 Å². The highest BCUT2D eigenvalue weighted by molar-refractivity contribution is 5.87. The molecule has 0 aromatic heterocycles. The zero-order chi connectivity index (χ0) is 21.0. The van der Waals surface area contributed by atoms with Crippen LogP contribution in [-0.2, 0) is 19.1 Å². The van der Waals surface area contributed by atoms with Crippen molar-refractivity contribution >= 4 is 17.9 Å². The number of aliphatic carboxylic acids is 2. The van der Waals surface area contributed by atoms with Gasteiger partial charge in [-0.2, -0.15) is 0 Å². The molecule has 0 rings (SSSR count). The number of carbonyl (C=O) groups excluding carboxylic acids is 1. The first-order valence-corrected chi connectivity index (χ1v) is 6.81. The van der Waals surface area contributed by atoms with Crippen molar-refractivity contribution in [2.75, 3.05) is 26.4 Å². The van der Waals surface area contributed by atoms with Crippen molar-refractivity contribution in [1.29, 1.82) is 0 Å². The molecule has 0 heterocycles. The van der Waals surface area contributed by atoms with E-state index in [1.165, 1.54) is 13.8 Å². The molecule has 0 aliphatic heterocycles. The van der Waals surface area contributed by atoms with Crippen LogP contribution in [0.1, 0.15) is 20.8 Å². The number of esters is 1. The van der Waals surface area contributed by atoms with Crippen molar-refractivity contribution in [3.8, 4) is 0 Å². The fraction of sp³-hybridized carbons (Fsp3) is 0.438. The number of carbonyl (C=O) groups is 3. The molecular weight excluding hydrogens is 336 g/mol. The Hall–Kier alpha value is -2.49. The van der Waals surface area contributed by atoms with E-state index in [9.17, 15) is 14.4 Å². The molecule has 0 radical (unpaired) electrons. The molecule has 0 aliphatic carbocycles. The van der Waals surface area contributed by atoms with E-state index in [-0.39, 0.29) is 37.6 Å². The standard InChI is InChI=1S/C6H10O3.2C4H6O2.C2H6O2/c1-5(2)6(8)9-4-3-7;2*1-3(2)4(5)6;3-1-2-4/h7H,1,3-4H2,2H3;2*1H2,2H3,(H,5,6);3-4H,1-2H2. The lowest BCUT2D eigenvalue weighted by molar-refractivity contribution is -0.140. The first kappa shape index (κ1) is 30.4. The van der Waals surface area contributed by atoms with Gasteiger partial charge in [-0.1, -0.05) is 19.7 Å². The van der Waals surface area contributed by atoms with E-state index < -0.39 is 17.9 Å². The molecule has 0 amide bonds. The van der Waals surface area contributed by atoms with Gasteiger partial charge < -0.3 is 30.3 Å². The second-order valence-electron chi connectivity index (χ2n) is 4.26. The Kier molecular flexibility index (Phi) is 26.2. The lowest BCUT2D eigenvalue weighted by Crippen LogP contribution is -2.08. The Balaban J connectivity index is -0.000000123. The topological polar surface area (TPSA) is 162 Å². The molecule has 9 heteroatoms. The van der Waals surface area contributed by atoms with Crippen LogP contribution in [0, 0.1) is 0 Å². The molecule has 0 aromatic rings. The minimum absolute atomic E-state index is 0.0473. The average molecular weight is 364 g/mol. The Labute approximate surface area is 147 Å². The van der Waals surface area contributed by atoms with Gasteiger partial charge in [-0.05, 0) is 20.8 Å². The Bertz CT molecular complexity index is 389. The van der Waals surface area contributed by atoms with E-state index in [1.807, 2.05) is 0 Å². The molecular formula is C16H28O9. The Morgan fingerprint density at radius 1 is 0.720 bits per heavy atom. The van der Waals surface area contributed by atoms with E-state index in [1.54, 1.807) is 6.92 Å². The van der Waals surface area contributed by atoms with Crippen LogP contribution in [0.3, 0.4) is 0 Å². The molecule has 0 saturated heterocycles. The SMILES string of the molecule is C=C(C)C(=O)O.C=C(C)C(=O)O.C=C(C)C(=O)OCCO.OCCO. The second kappa shape index (κ2) is 21.5. The van der Waals surface area contributed by atoms with E-state index in [2.05, 4.69) is 24.5 Å². The number of ether oxygens (including phenoxy) is 1. The van der Waals surface area contributed by atoms with Gasteiger partial charge in [0.1, 0.15) is 6.61 Å². The van der Waals surface area contributed by atoms with Crippen LogP contribution in [-0.4, -0.2) is 69.9 Å². The predicted octanol–water partition coefficient (Wildman–Crippen LogP) is 0.363. The van der Waals surface area contributed by atoms with Crippen LogP contribution in [0.25, 0.3) is 0 Å². The van der Waals surface area contributed by atoms with Gasteiger partial charge in [-0.15, -0.1) is 0 Å². The van der Waals surface area contributed by atoms with E-state index in [0.717, 1.165) is 0 Å². The summed E-state index contributed by atoms with van der Waals surface area (Å²) in [5, 5.41) is 39.2. The molecule has 0 fully saturated rings. The van der Waals surface area contributed by atoms with E-state index >= 15 is 0 Å². The highest BCUT2D eigenvalue weighted by atomic mass is 16.5. The number of aliphatic hydroxyl groups excluding tert-OH is 3. The third-order valence-corrected chi connectivity index (χ3v) is 1.50. The third-order valence-electron chi connectivity index (χ3n) is 1.50. The number of hydrogen-bond acceptors (Lipinski definition) is 7. The summed E-state index contributed by atoms with van der Waals surface area (Å²) in [4.78, 5) is 29.7. The summed E-state index contributed by atoms with van der Waals surface area (Å²) in [7, 11) is 0. The first-order valence-electron chi connectivity index (χ1n) is 6.81. The first-order chi connectivity index (χ1) is 11.4. The number of aliphatic hydroxyl groups is 3. The quantitative estimate of drug-likeness (QED) is 0.331. The fourth-order valence-electron chi connectivity index (χ4n) is 0.262. The van der Waals surface area contributed by atoms with Crippen LogP contribution in [0.15, 0.2) is 36.5 Å². The number of hydrogen-bond donors (Lipinski definition) is 5. The zero-order valence-corrected chi connectivity index (χ0v) is 14.8. The number of carboxylic acids is 2. The zero-order valence-electron chi connectivity index (χ0n) is 14.8. The predicted molar refractivity (Wildman–Crippen MR) is 91.9 cm³/mol. The molecule has 9 nitrogen and oxygen atoms in total. The largest absolute Gasteiger partial charge is 0.478 e. The summed E-state index contributed by atoms with van der Waals surface area (Å²) >= 11 is 0. The van der Waals surface area contributed by atoms with Crippen molar-refractivity contribution in [1.82, 2.24) is 0 Å². The van der Waals surface area contributed by atoms with Gasteiger partial charge in [0, 0.05) is 16.7 Å². The molecule has 0 saturated carbocycles. The van der Waals surface area contributed by atoms with Crippen molar-refractivity contribution in [2.45, 2.75) is 20.8 Å². The van der Waals surface area contributed by atoms with E-state index in [0.29, 0.717) is 5.57 Å². The summed E-state index contributed by atoms with van der Waals surface area (Å²) in [6, 6.07) is 0. The summed E-state index contributed by atoms with van der Waals surface area (Å²) in [5.74, 6) is -2.32. The van der Waals surface area contributed by atoms with Crippen LogP contribution in [0.2, 0.25) is 0 Å². The maximum Gasteiger partial charge on any atom is 0.333 e. The van der Waals surface area contributed by atoms with Gasteiger partial charge in [-0.25, -0.2) is 14.4 Å². The smallest absolute Gasteiger partial charge is 0.333 e. The third kappa shape index (κ3) is 38.9. The van der Waals surface area contributed by atoms with Gasteiger partial charge in [-0.3, -0.25) is 0 Å². The normalized spacial score (nSPS) is 7.92. The Morgan fingerprint density at radius 2 is 1.00 bits per heavy atom. The maximum absolute atomic E-state index is 10.5. The van der Waals surface area contributed by atoms with Gasteiger partial charge in [0.15, 0.2) is 0 Å². The van der Waals surface area contributed by atoms with Crippen LogP contribution >= 0.6 is 0 Å². The van der Waals surface area contributed by atoms with Crippen molar-refractivity contribution < 1.29 is 44.7 Å². The molecule has 0 bridgehead atoms. The van der Waals surface area contributed by atoms with Crippen LogP contribution in [0.5, 0.6) is 0 Å². The summed E-state index contributed by atoms with van der Waals surface area (Å²) in [6.07, 6.45) is 0. The van der Waals surface area contributed by atoms with Gasteiger partial charge in [0.25, 0.3) is 0 Å². The number of rotatable bonds is 6. The van der Waals surface area contributed by atoms with Crippen LogP contribution < -0.4 is 0 Å². The minimum atomic E-state index is -0.935.